The van der Waals surface area contributed by atoms with Crippen molar-refractivity contribution in [1.82, 2.24) is 15.1 Å². The predicted molar refractivity (Wildman–Crippen MR) is 116 cm³/mol. The van der Waals surface area contributed by atoms with E-state index < -0.39 is 29.7 Å². The molecule has 10 heteroatoms. The second kappa shape index (κ2) is 9.76. The van der Waals surface area contributed by atoms with Crippen molar-refractivity contribution in [3.63, 3.8) is 0 Å². The molecule has 2 N–H and O–H groups in total. The molecule has 0 aliphatic heterocycles. The van der Waals surface area contributed by atoms with Crippen LogP contribution in [0.3, 0.4) is 0 Å². The van der Waals surface area contributed by atoms with Crippen LogP contribution >= 0.6 is 0 Å². The highest BCUT2D eigenvalue weighted by Crippen LogP contribution is 2.30. The Morgan fingerprint density at radius 3 is 2.30 bits per heavy atom. The summed E-state index contributed by atoms with van der Waals surface area (Å²) in [5.74, 6) is -0.780. The largest absolute Gasteiger partial charge is 0.496 e. The molecular formula is C23H23F3N4O3. The van der Waals surface area contributed by atoms with Crippen molar-refractivity contribution in [2.45, 2.75) is 26.1 Å². The average Bonchev–Trinajstić information content (AvgIpc) is 3.28. The van der Waals surface area contributed by atoms with Crippen LogP contribution in [0, 0.1) is 5.92 Å². The third kappa shape index (κ3) is 5.51. The van der Waals surface area contributed by atoms with Crippen molar-refractivity contribution in [3.8, 4) is 11.4 Å². The summed E-state index contributed by atoms with van der Waals surface area (Å²) in [7, 11) is 1.45. The van der Waals surface area contributed by atoms with Gasteiger partial charge in [-0.05, 0) is 48.4 Å². The van der Waals surface area contributed by atoms with Gasteiger partial charge in [0.2, 0.25) is 5.91 Å². The van der Waals surface area contributed by atoms with E-state index in [1.807, 2.05) is 0 Å². The van der Waals surface area contributed by atoms with Crippen LogP contribution in [0.1, 0.15) is 29.9 Å². The lowest BCUT2D eigenvalue weighted by Crippen LogP contribution is -2.47. The Hall–Kier alpha value is -3.82. The zero-order valence-corrected chi connectivity index (χ0v) is 18.2. The minimum absolute atomic E-state index is 0.190. The number of alkyl halides is 3. The molecule has 0 fully saturated rings. The number of nitrogens with zero attached hydrogens (tertiary/aromatic N) is 2. The van der Waals surface area contributed by atoms with Crippen molar-refractivity contribution < 1.29 is 27.5 Å². The zero-order valence-electron chi connectivity index (χ0n) is 18.2. The summed E-state index contributed by atoms with van der Waals surface area (Å²) >= 11 is 0. The van der Waals surface area contributed by atoms with Crippen LogP contribution in [-0.4, -0.2) is 34.7 Å². The van der Waals surface area contributed by atoms with Crippen LogP contribution in [0.4, 0.5) is 18.9 Å². The molecule has 3 aromatic rings. The number of benzene rings is 2. The summed E-state index contributed by atoms with van der Waals surface area (Å²) in [6.07, 6.45) is -3.48. The average molecular weight is 460 g/mol. The number of halogens is 3. The number of amides is 2. The Balaban J connectivity index is 1.73. The first kappa shape index (κ1) is 23.8. The quantitative estimate of drug-likeness (QED) is 0.551. The fraction of sp³-hybridized carbons (Fsp3) is 0.261. The Bertz CT molecular complexity index is 1120. The zero-order chi connectivity index (χ0) is 24.2. The standard InChI is InChI=1S/C23H23F3N4O3/c1-14(2)20(29-21(31)17-6-4-5-7-18(17)33-3)22(32)28-15-8-10-16(11-9-15)30-19(12-13-27-30)23(24,25)26/h4-14,20H,1-3H3,(H,28,32)(H,29,31). The van der Waals surface area contributed by atoms with E-state index in [0.29, 0.717) is 17.0 Å². The van der Waals surface area contributed by atoms with Crippen LogP contribution in [0.5, 0.6) is 5.75 Å². The SMILES string of the molecule is COc1ccccc1C(=O)NC(C(=O)Nc1ccc(-n2nccc2C(F)(F)F)cc1)C(C)C. The van der Waals surface area contributed by atoms with Gasteiger partial charge in [0.05, 0.1) is 24.6 Å². The second-order valence-corrected chi connectivity index (χ2v) is 7.56. The molecule has 0 aliphatic rings. The van der Waals surface area contributed by atoms with Gasteiger partial charge in [0, 0.05) is 5.69 Å². The molecule has 0 spiro atoms. The molecule has 0 radical (unpaired) electrons. The number of rotatable bonds is 7. The number of nitrogens with one attached hydrogen (secondary N) is 2. The number of anilines is 1. The van der Waals surface area contributed by atoms with Crippen LogP contribution in [0.25, 0.3) is 5.69 Å². The summed E-state index contributed by atoms with van der Waals surface area (Å²) in [5, 5.41) is 9.13. The molecule has 3 rings (SSSR count). The third-order valence-electron chi connectivity index (χ3n) is 4.90. The van der Waals surface area contributed by atoms with Gasteiger partial charge in [0.25, 0.3) is 5.91 Å². The van der Waals surface area contributed by atoms with E-state index in [9.17, 15) is 22.8 Å². The summed E-state index contributed by atoms with van der Waals surface area (Å²) in [6.45, 7) is 3.57. The van der Waals surface area contributed by atoms with Gasteiger partial charge in [-0.2, -0.15) is 18.3 Å². The minimum atomic E-state index is -4.55. The van der Waals surface area contributed by atoms with E-state index in [2.05, 4.69) is 15.7 Å². The first-order valence-corrected chi connectivity index (χ1v) is 10.1. The predicted octanol–water partition coefficient (Wildman–Crippen LogP) is 4.29. The number of para-hydroxylation sites is 1. The monoisotopic (exact) mass is 460 g/mol. The maximum Gasteiger partial charge on any atom is 0.433 e. The van der Waals surface area contributed by atoms with Crippen LogP contribution in [-0.2, 0) is 11.0 Å². The molecule has 2 amide bonds. The fourth-order valence-electron chi connectivity index (χ4n) is 3.22. The highest BCUT2D eigenvalue weighted by atomic mass is 19.4. The number of methoxy groups -OCH3 is 1. The van der Waals surface area contributed by atoms with Gasteiger partial charge in [-0.25, -0.2) is 4.68 Å². The van der Waals surface area contributed by atoms with Gasteiger partial charge in [0.1, 0.15) is 17.5 Å². The van der Waals surface area contributed by atoms with Crippen LogP contribution < -0.4 is 15.4 Å². The first-order valence-electron chi connectivity index (χ1n) is 10.1. The molecule has 33 heavy (non-hydrogen) atoms. The normalized spacial score (nSPS) is 12.3. The Morgan fingerprint density at radius 1 is 1.03 bits per heavy atom. The summed E-state index contributed by atoms with van der Waals surface area (Å²) in [4.78, 5) is 25.6. The first-order chi connectivity index (χ1) is 15.6. The number of carbonyl (C=O) groups excluding carboxylic acids is 2. The van der Waals surface area contributed by atoms with Gasteiger partial charge < -0.3 is 15.4 Å². The molecule has 1 heterocycles. The summed E-state index contributed by atoms with van der Waals surface area (Å²) in [6, 6.07) is 12.4. The summed E-state index contributed by atoms with van der Waals surface area (Å²) in [5.41, 5.74) is -0.0578. The van der Waals surface area contributed by atoms with Crippen molar-refractivity contribution in [1.29, 1.82) is 0 Å². The Kier molecular flexibility index (Phi) is 7.05. The molecule has 1 atom stereocenters. The van der Waals surface area contributed by atoms with Crippen molar-refractivity contribution in [2.24, 2.45) is 5.92 Å². The molecule has 1 unspecified atom stereocenters. The van der Waals surface area contributed by atoms with Gasteiger partial charge in [0.15, 0.2) is 0 Å². The number of ether oxygens (including phenoxy) is 1. The molecule has 7 nitrogen and oxygen atoms in total. The number of hydrogen-bond acceptors (Lipinski definition) is 4. The van der Waals surface area contributed by atoms with Crippen molar-refractivity contribution in [3.05, 3.63) is 72.1 Å². The molecule has 0 saturated heterocycles. The van der Waals surface area contributed by atoms with Crippen molar-refractivity contribution in [2.75, 3.05) is 12.4 Å². The van der Waals surface area contributed by atoms with E-state index in [1.54, 1.807) is 38.1 Å². The highest BCUT2D eigenvalue weighted by Gasteiger charge is 2.35. The van der Waals surface area contributed by atoms with Gasteiger partial charge in [-0.3, -0.25) is 9.59 Å². The molecule has 174 valence electrons. The van der Waals surface area contributed by atoms with E-state index in [4.69, 9.17) is 4.74 Å². The topological polar surface area (TPSA) is 85.2 Å². The maximum absolute atomic E-state index is 13.1. The maximum atomic E-state index is 13.1. The van der Waals surface area contributed by atoms with E-state index in [1.165, 1.54) is 31.4 Å². The van der Waals surface area contributed by atoms with E-state index in [0.717, 1.165) is 16.9 Å². The van der Waals surface area contributed by atoms with E-state index in [-0.39, 0.29) is 11.6 Å². The molecule has 0 aliphatic carbocycles. The fourth-order valence-corrected chi connectivity index (χ4v) is 3.22. The lowest BCUT2D eigenvalue weighted by atomic mass is 10.0. The Morgan fingerprint density at radius 2 is 1.70 bits per heavy atom. The summed E-state index contributed by atoms with van der Waals surface area (Å²) < 4.78 is 45.3. The minimum Gasteiger partial charge on any atom is -0.496 e. The van der Waals surface area contributed by atoms with E-state index >= 15 is 0 Å². The highest BCUT2D eigenvalue weighted by molar-refractivity contribution is 6.02. The van der Waals surface area contributed by atoms with Crippen LogP contribution in [0.2, 0.25) is 0 Å². The molecule has 2 aromatic carbocycles. The van der Waals surface area contributed by atoms with Gasteiger partial charge >= 0.3 is 6.18 Å². The second-order valence-electron chi connectivity index (χ2n) is 7.56. The number of carbonyl (C=O) groups is 2. The van der Waals surface area contributed by atoms with Crippen molar-refractivity contribution >= 4 is 17.5 Å². The Labute approximate surface area is 188 Å². The number of aromatic nitrogens is 2. The lowest BCUT2D eigenvalue weighted by Gasteiger charge is -2.22. The van der Waals surface area contributed by atoms with Gasteiger partial charge in [-0.15, -0.1) is 0 Å². The smallest absolute Gasteiger partial charge is 0.433 e. The molecule has 1 aromatic heterocycles. The third-order valence-corrected chi connectivity index (χ3v) is 4.90. The van der Waals surface area contributed by atoms with Crippen LogP contribution in [0.15, 0.2) is 60.8 Å². The number of hydrogen-bond donors (Lipinski definition) is 2. The lowest BCUT2D eigenvalue weighted by molar-refractivity contribution is -0.142. The molecule has 0 saturated carbocycles. The molecule has 0 bridgehead atoms. The van der Waals surface area contributed by atoms with Gasteiger partial charge in [-0.1, -0.05) is 26.0 Å². The molecular weight excluding hydrogens is 437 g/mol.